The normalized spacial score (nSPS) is 16.4. The molecule has 13 N–H and O–H groups in total. The quantitative estimate of drug-likeness (QED) is 0.152. The Morgan fingerprint density at radius 1 is 0.765 bits per heavy atom. The Bertz CT molecular complexity index is 631. The highest BCUT2D eigenvalue weighted by atomic mass is 16.4. The third-order valence-electron chi connectivity index (χ3n) is 3.72. The average Bonchev–Trinajstić information content (AvgIpc) is 3.26. The Morgan fingerprint density at radius 2 is 1.12 bits per heavy atom. The summed E-state index contributed by atoms with van der Waals surface area (Å²) < 4.78 is 0. The van der Waals surface area contributed by atoms with Crippen molar-refractivity contribution in [3.8, 4) is 0 Å². The first-order valence-corrected chi connectivity index (χ1v) is 9.87. The van der Waals surface area contributed by atoms with E-state index in [1.807, 2.05) is 0 Å². The summed E-state index contributed by atoms with van der Waals surface area (Å²) in [6, 6.07) is -3.12. The number of hydrogen-bond acceptors (Lipinski definition) is 10. The second kappa shape index (κ2) is 20.3. The van der Waals surface area contributed by atoms with Crippen LogP contribution in [0.4, 0.5) is 0 Å². The molecule has 0 aliphatic carbocycles. The summed E-state index contributed by atoms with van der Waals surface area (Å²) in [5.74, 6) is -6.08. The summed E-state index contributed by atoms with van der Waals surface area (Å²) in [6.07, 6.45) is 1.34. The van der Waals surface area contributed by atoms with Gasteiger partial charge in [0.25, 0.3) is 0 Å². The highest BCUT2D eigenvalue weighted by molar-refractivity contribution is 5.75. The summed E-state index contributed by atoms with van der Waals surface area (Å²) in [5.41, 5.74) is 14.8. The Hall–Kier alpha value is -3.34. The molecule has 1 aliphatic rings. The van der Waals surface area contributed by atoms with E-state index in [9.17, 15) is 28.8 Å². The molecule has 0 saturated carbocycles. The number of rotatable bonds is 10. The monoisotopic (exact) mass is 498 g/mol. The van der Waals surface area contributed by atoms with Gasteiger partial charge in [-0.1, -0.05) is 0 Å². The highest BCUT2D eigenvalue weighted by Gasteiger charge is 2.20. The van der Waals surface area contributed by atoms with Gasteiger partial charge in [0.15, 0.2) is 0 Å². The van der Waals surface area contributed by atoms with E-state index in [4.69, 9.17) is 47.8 Å². The number of hydrogen-bond donors (Lipinski definition) is 10. The summed E-state index contributed by atoms with van der Waals surface area (Å²) in [5, 5.41) is 51.6. The zero-order chi connectivity index (χ0) is 27.4. The Balaban J connectivity index is -0.000000383. The molecule has 198 valence electrons. The third kappa shape index (κ3) is 24.9. The maximum Gasteiger partial charge on any atom is 0.320 e. The molecule has 4 atom stereocenters. The molecule has 1 aliphatic heterocycles. The van der Waals surface area contributed by atoms with Crippen LogP contribution in [0.3, 0.4) is 0 Å². The van der Waals surface area contributed by atoms with Gasteiger partial charge in [-0.15, -0.1) is 0 Å². The first-order valence-electron chi connectivity index (χ1n) is 9.87. The number of nitrogens with one attached hydrogen (secondary N) is 1. The Morgan fingerprint density at radius 3 is 1.26 bits per heavy atom. The third-order valence-corrected chi connectivity index (χ3v) is 3.72. The lowest BCUT2D eigenvalue weighted by Crippen LogP contribution is -2.30. The van der Waals surface area contributed by atoms with E-state index >= 15 is 0 Å². The van der Waals surface area contributed by atoms with Gasteiger partial charge in [-0.2, -0.15) is 0 Å². The van der Waals surface area contributed by atoms with Gasteiger partial charge in [0.2, 0.25) is 0 Å². The van der Waals surface area contributed by atoms with Crippen LogP contribution in [0.15, 0.2) is 0 Å². The van der Waals surface area contributed by atoms with Crippen LogP contribution < -0.4 is 22.5 Å². The van der Waals surface area contributed by atoms with E-state index in [-0.39, 0.29) is 31.7 Å². The fourth-order valence-electron chi connectivity index (χ4n) is 1.70. The van der Waals surface area contributed by atoms with Crippen LogP contribution in [0.5, 0.6) is 0 Å². The van der Waals surface area contributed by atoms with Crippen LogP contribution >= 0.6 is 0 Å². The van der Waals surface area contributed by atoms with Crippen molar-refractivity contribution in [2.75, 3.05) is 6.54 Å². The summed E-state index contributed by atoms with van der Waals surface area (Å²) in [4.78, 5) is 59.5. The van der Waals surface area contributed by atoms with Crippen LogP contribution in [0.1, 0.15) is 45.4 Å². The topological polar surface area (TPSA) is 314 Å². The minimum absolute atomic E-state index is 0.0231. The SMILES string of the molecule is CC(N)C(=O)O.NC(CCC(=O)O)C(=O)O.NC(CCC(=O)O)C(=O)O.O=C(O)[C@@H]1CCCN1. The van der Waals surface area contributed by atoms with E-state index in [0.29, 0.717) is 0 Å². The van der Waals surface area contributed by atoms with Crippen molar-refractivity contribution in [1.82, 2.24) is 5.32 Å². The summed E-state index contributed by atoms with van der Waals surface area (Å²) in [6.45, 7) is 2.28. The number of carboxylic acids is 6. The molecule has 0 aromatic carbocycles. The maximum absolute atomic E-state index is 10.1. The molecular weight excluding hydrogens is 464 g/mol. The smallest absolute Gasteiger partial charge is 0.320 e. The molecule has 34 heavy (non-hydrogen) atoms. The van der Waals surface area contributed by atoms with E-state index in [0.717, 1.165) is 19.4 Å². The molecule has 1 rings (SSSR count). The molecule has 16 nitrogen and oxygen atoms in total. The molecule has 0 radical (unpaired) electrons. The first kappa shape index (κ1) is 35.3. The second-order valence-electron chi connectivity index (χ2n) is 6.87. The van der Waals surface area contributed by atoms with E-state index in [2.05, 4.69) is 5.32 Å². The minimum Gasteiger partial charge on any atom is -0.481 e. The van der Waals surface area contributed by atoms with Crippen molar-refractivity contribution in [2.45, 2.75) is 69.6 Å². The minimum atomic E-state index is -1.17. The second-order valence-corrected chi connectivity index (χ2v) is 6.87. The lowest BCUT2D eigenvalue weighted by Gasteiger charge is -2.01. The fourth-order valence-corrected chi connectivity index (χ4v) is 1.70. The maximum atomic E-state index is 10.1. The molecule has 0 bridgehead atoms. The summed E-state index contributed by atoms with van der Waals surface area (Å²) in [7, 11) is 0. The van der Waals surface area contributed by atoms with Crippen molar-refractivity contribution >= 4 is 35.8 Å². The zero-order valence-electron chi connectivity index (χ0n) is 18.6. The summed E-state index contributed by atoms with van der Waals surface area (Å²) >= 11 is 0. The van der Waals surface area contributed by atoms with Crippen LogP contribution in [0.25, 0.3) is 0 Å². The van der Waals surface area contributed by atoms with Gasteiger partial charge in [0.05, 0.1) is 0 Å². The van der Waals surface area contributed by atoms with Crippen LogP contribution in [-0.4, -0.2) is 97.2 Å². The van der Waals surface area contributed by atoms with E-state index in [1.54, 1.807) is 0 Å². The molecule has 0 amide bonds. The zero-order valence-corrected chi connectivity index (χ0v) is 18.6. The molecule has 1 fully saturated rings. The van der Waals surface area contributed by atoms with Crippen molar-refractivity contribution < 1.29 is 59.4 Å². The van der Waals surface area contributed by atoms with Crippen molar-refractivity contribution in [3.63, 3.8) is 0 Å². The largest absolute Gasteiger partial charge is 0.481 e. The number of carbonyl (C=O) groups is 6. The predicted molar refractivity (Wildman–Crippen MR) is 115 cm³/mol. The molecule has 0 aromatic heterocycles. The standard InChI is InChI=1S/2C5H9NO4.C5H9NO2.C3H7NO2/c2*6-3(5(9)10)1-2-4(7)8;7-5(8)4-2-1-3-6-4;1-2(4)3(5)6/h2*3H,1-2,6H2,(H,7,8)(H,9,10);4,6H,1-3H2,(H,7,8);2H,4H2,1H3,(H,5,6)/t;;4-;/m..0./s1. The fraction of sp³-hybridized carbons (Fsp3) is 0.667. The number of aliphatic carboxylic acids is 6. The Kier molecular flexibility index (Phi) is 21.0. The van der Waals surface area contributed by atoms with Crippen LogP contribution in [0.2, 0.25) is 0 Å². The van der Waals surface area contributed by atoms with Gasteiger partial charge < -0.3 is 53.2 Å². The van der Waals surface area contributed by atoms with Gasteiger partial charge in [0, 0.05) is 12.8 Å². The van der Waals surface area contributed by atoms with Crippen LogP contribution in [-0.2, 0) is 28.8 Å². The van der Waals surface area contributed by atoms with Crippen molar-refractivity contribution in [2.24, 2.45) is 17.2 Å². The molecule has 1 saturated heterocycles. The highest BCUT2D eigenvalue weighted by Crippen LogP contribution is 2.03. The lowest BCUT2D eigenvalue weighted by molar-refractivity contribution is -0.141. The van der Waals surface area contributed by atoms with Gasteiger partial charge in [-0.3, -0.25) is 28.8 Å². The molecule has 0 aromatic rings. The molecule has 16 heteroatoms. The number of nitrogens with two attached hydrogens (primary N) is 3. The van der Waals surface area contributed by atoms with E-state index in [1.165, 1.54) is 6.92 Å². The van der Waals surface area contributed by atoms with Gasteiger partial charge >= 0.3 is 35.8 Å². The van der Waals surface area contributed by atoms with Gasteiger partial charge in [-0.05, 0) is 39.2 Å². The molecule has 3 unspecified atom stereocenters. The van der Waals surface area contributed by atoms with Crippen LogP contribution in [0, 0.1) is 0 Å². The van der Waals surface area contributed by atoms with Crippen molar-refractivity contribution in [1.29, 1.82) is 0 Å². The average molecular weight is 498 g/mol. The molecule has 0 spiro atoms. The molecular formula is C18H34N4O12. The first-order chi connectivity index (χ1) is 15.5. The van der Waals surface area contributed by atoms with E-state index < -0.39 is 53.9 Å². The molecule has 1 heterocycles. The van der Waals surface area contributed by atoms with Gasteiger partial charge in [0.1, 0.15) is 24.2 Å². The lowest BCUT2D eigenvalue weighted by atomic mass is 10.2. The number of carboxylic acid groups (broad SMARTS) is 6. The predicted octanol–water partition coefficient (Wildman–Crippen LogP) is -2.23. The Labute approximate surface area is 194 Å². The van der Waals surface area contributed by atoms with Gasteiger partial charge in [-0.25, -0.2) is 0 Å². The van der Waals surface area contributed by atoms with Crippen molar-refractivity contribution in [3.05, 3.63) is 0 Å².